The number of sulfone groups is 1. The summed E-state index contributed by atoms with van der Waals surface area (Å²) < 4.78 is 37.4. The molecule has 1 N–H and O–H groups in total. The Hall–Kier alpha value is -2.72. The van der Waals surface area contributed by atoms with Gasteiger partial charge in [-0.1, -0.05) is 26.8 Å². The first-order valence-corrected chi connectivity index (χ1v) is 14.6. The summed E-state index contributed by atoms with van der Waals surface area (Å²) in [6.07, 6.45) is 3.06. The van der Waals surface area contributed by atoms with Gasteiger partial charge in [0, 0.05) is 43.7 Å². The van der Waals surface area contributed by atoms with E-state index in [2.05, 4.69) is 5.32 Å². The summed E-state index contributed by atoms with van der Waals surface area (Å²) in [7, 11) is -3.43. The number of carbonyl (C=O) groups is 2. The lowest BCUT2D eigenvalue weighted by molar-refractivity contribution is 0.0159. The van der Waals surface area contributed by atoms with E-state index in [1.165, 1.54) is 12.1 Å². The SMILES string of the molecule is CCn1nc(CC(C)(C)COC(=O)c2cccc(S(=O)(=O)CC)c2)c2c1C(=O)NCC1(CCOCC1)C2. The lowest BCUT2D eigenvalue weighted by Crippen LogP contribution is -2.40. The molecule has 2 aliphatic heterocycles. The van der Waals surface area contributed by atoms with Crippen molar-refractivity contribution in [2.75, 3.05) is 32.1 Å². The van der Waals surface area contributed by atoms with Crippen molar-refractivity contribution in [3.8, 4) is 0 Å². The molecular formula is C27H37N3O6S. The van der Waals surface area contributed by atoms with Crippen molar-refractivity contribution in [1.29, 1.82) is 0 Å². The molecule has 1 spiro atoms. The van der Waals surface area contributed by atoms with E-state index in [1.54, 1.807) is 23.7 Å². The smallest absolute Gasteiger partial charge is 0.338 e. The van der Waals surface area contributed by atoms with Crippen LogP contribution in [0, 0.1) is 10.8 Å². The van der Waals surface area contributed by atoms with E-state index in [-0.39, 0.29) is 34.1 Å². The van der Waals surface area contributed by atoms with Gasteiger partial charge in [0.05, 0.1) is 28.5 Å². The third-order valence-electron chi connectivity index (χ3n) is 7.43. The molecule has 10 heteroatoms. The highest BCUT2D eigenvalue weighted by Gasteiger charge is 2.40. The third kappa shape index (κ3) is 5.90. The van der Waals surface area contributed by atoms with Crippen LogP contribution in [0.2, 0.25) is 0 Å². The Morgan fingerprint density at radius 1 is 1.24 bits per heavy atom. The van der Waals surface area contributed by atoms with Crippen molar-refractivity contribution in [3.05, 3.63) is 46.8 Å². The quantitative estimate of drug-likeness (QED) is 0.520. The third-order valence-corrected chi connectivity index (χ3v) is 9.16. The predicted octanol–water partition coefficient (Wildman–Crippen LogP) is 3.21. The fourth-order valence-electron chi connectivity index (χ4n) is 5.14. The van der Waals surface area contributed by atoms with Crippen LogP contribution in [0.15, 0.2) is 29.2 Å². The van der Waals surface area contributed by atoms with Gasteiger partial charge in [-0.2, -0.15) is 5.10 Å². The molecule has 202 valence electrons. The van der Waals surface area contributed by atoms with E-state index >= 15 is 0 Å². The number of hydrogen-bond donors (Lipinski definition) is 1. The highest BCUT2D eigenvalue weighted by molar-refractivity contribution is 7.91. The van der Waals surface area contributed by atoms with Gasteiger partial charge in [-0.25, -0.2) is 13.2 Å². The Bertz CT molecular complexity index is 1280. The number of nitrogens with one attached hydrogen (secondary N) is 1. The molecule has 1 amide bonds. The molecule has 9 nitrogen and oxygen atoms in total. The molecular weight excluding hydrogens is 494 g/mol. The second-order valence-corrected chi connectivity index (χ2v) is 13.2. The van der Waals surface area contributed by atoms with E-state index in [4.69, 9.17) is 14.6 Å². The van der Waals surface area contributed by atoms with Crippen LogP contribution in [0.25, 0.3) is 0 Å². The molecule has 0 radical (unpaired) electrons. The van der Waals surface area contributed by atoms with Gasteiger partial charge in [0.1, 0.15) is 5.69 Å². The average Bonchev–Trinajstić information content (AvgIpc) is 3.15. The number of aromatic nitrogens is 2. The van der Waals surface area contributed by atoms with Gasteiger partial charge in [0.2, 0.25) is 0 Å². The maximum absolute atomic E-state index is 13.1. The van der Waals surface area contributed by atoms with Gasteiger partial charge < -0.3 is 14.8 Å². The van der Waals surface area contributed by atoms with Crippen molar-refractivity contribution in [3.63, 3.8) is 0 Å². The van der Waals surface area contributed by atoms with E-state index < -0.39 is 21.2 Å². The van der Waals surface area contributed by atoms with Gasteiger partial charge in [-0.15, -0.1) is 0 Å². The summed E-state index contributed by atoms with van der Waals surface area (Å²) >= 11 is 0. The molecule has 3 heterocycles. The summed E-state index contributed by atoms with van der Waals surface area (Å²) in [5.74, 6) is -0.704. The van der Waals surface area contributed by atoms with E-state index in [1.807, 2.05) is 20.8 Å². The Kier molecular flexibility index (Phi) is 7.80. The molecule has 37 heavy (non-hydrogen) atoms. The van der Waals surface area contributed by atoms with Crippen molar-refractivity contribution in [1.82, 2.24) is 15.1 Å². The van der Waals surface area contributed by atoms with Gasteiger partial charge in [-0.3, -0.25) is 9.48 Å². The minimum atomic E-state index is -3.43. The van der Waals surface area contributed by atoms with Crippen LogP contribution in [-0.2, 0) is 38.7 Å². The number of fused-ring (bicyclic) bond motifs is 1. The molecule has 1 aromatic heterocycles. The highest BCUT2D eigenvalue weighted by atomic mass is 32.2. The van der Waals surface area contributed by atoms with Crippen LogP contribution >= 0.6 is 0 Å². The van der Waals surface area contributed by atoms with Crippen molar-refractivity contribution < 1.29 is 27.5 Å². The number of esters is 1. The first-order chi connectivity index (χ1) is 17.5. The number of amides is 1. The van der Waals surface area contributed by atoms with E-state index in [0.29, 0.717) is 38.4 Å². The van der Waals surface area contributed by atoms with Crippen LogP contribution in [-0.4, -0.2) is 62.2 Å². The second-order valence-electron chi connectivity index (χ2n) is 10.9. The van der Waals surface area contributed by atoms with Crippen LogP contribution in [0.3, 0.4) is 0 Å². The summed E-state index contributed by atoms with van der Waals surface area (Å²) in [6, 6.07) is 5.95. The monoisotopic (exact) mass is 531 g/mol. The minimum Gasteiger partial charge on any atom is -0.462 e. The zero-order valence-electron chi connectivity index (χ0n) is 22.1. The first kappa shape index (κ1) is 27.3. The minimum absolute atomic E-state index is 0.0421. The fraction of sp³-hybridized carbons (Fsp3) is 0.593. The lowest BCUT2D eigenvalue weighted by Gasteiger charge is -2.36. The molecule has 1 saturated heterocycles. The summed E-state index contributed by atoms with van der Waals surface area (Å²) in [5.41, 5.74) is 2.16. The second kappa shape index (κ2) is 10.6. The summed E-state index contributed by atoms with van der Waals surface area (Å²) in [6.45, 7) is 10.2. The maximum Gasteiger partial charge on any atom is 0.338 e. The zero-order valence-corrected chi connectivity index (χ0v) is 22.9. The topological polar surface area (TPSA) is 117 Å². The number of ether oxygens (including phenoxy) is 2. The van der Waals surface area contributed by atoms with E-state index in [9.17, 15) is 18.0 Å². The Morgan fingerprint density at radius 3 is 2.65 bits per heavy atom. The van der Waals surface area contributed by atoms with Crippen molar-refractivity contribution >= 4 is 21.7 Å². The molecule has 2 aromatic rings. The molecule has 0 atom stereocenters. The number of aryl methyl sites for hydroxylation is 1. The molecule has 0 aliphatic carbocycles. The number of nitrogens with zero attached hydrogens (tertiary/aromatic N) is 2. The van der Waals surface area contributed by atoms with Crippen molar-refractivity contribution in [2.45, 2.75) is 64.8 Å². The largest absolute Gasteiger partial charge is 0.462 e. The molecule has 4 rings (SSSR count). The highest BCUT2D eigenvalue weighted by Crippen LogP contribution is 2.39. The zero-order chi connectivity index (χ0) is 26.8. The molecule has 1 fully saturated rings. The Labute approximate surface area is 218 Å². The predicted molar refractivity (Wildman–Crippen MR) is 138 cm³/mol. The standard InChI is InChI=1S/C27H37N3O6S/c1-5-30-23-21(15-27(17-28-24(23)31)10-12-35-13-11-27)22(29-30)16-26(3,4)18-36-25(32)19-8-7-9-20(14-19)37(33,34)6-2/h7-9,14H,5-6,10-13,15-18H2,1-4H3,(H,28,31). The molecule has 1 aromatic carbocycles. The van der Waals surface area contributed by atoms with Crippen LogP contribution in [0.1, 0.15) is 72.6 Å². The lowest BCUT2D eigenvalue weighted by atomic mass is 9.74. The fourth-order valence-corrected chi connectivity index (χ4v) is 6.06. The van der Waals surface area contributed by atoms with Crippen LogP contribution in [0.4, 0.5) is 0 Å². The Morgan fingerprint density at radius 2 is 1.97 bits per heavy atom. The van der Waals surface area contributed by atoms with Crippen LogP contribution < -0.4 is 5.32 Å². The van der Waals surface area contributed by atoms with Gasteiger partial charge in [0.25, 0.3) is 5.91 Å². The molecule has 2 aliphatic rings. The summed E-state index contributed by atoms with van der Waals surface area (Å²) in [5, 5.41) is 7.94. The average molecular weight is 532 g/mol. The number of rotatable bonds is 8. The van der Waals surface area contributed by atoms with E-state index in [0.717, 1.165) is 30.5 Å². The normalized spacial score (nSPS) is 17.7. The van der Waals surface area contributed by atoms with Crippen LogP contribution in [0.5, 0.6) is 0 Å². The number of hydrogen-bond acceptors (Lipinski definition) is 7. The number of benzene rings is 1. The first-order valence-electron chi connectivity index (χ1n) is 12.9. The number of carbonyl (C=O) groups excluding carboxylic acids is 2. The molecule has 0 saturated carbocycles. The maximum atomic E-state index is 13.1. The summed E-state index contributed by atoms with van der Waals surface area (Å²) in [4.78, 5) is 26.0. The molecule has 0 unspecified atom stereocenters. The van der Waals surface area contributed by atoms with Gasteiger partial charge in [-0.05, 0) is 49.8 Å². The van der Waals surface area contributed by atoms with Gasteiger partial charge >= 0.3 is 5.97 Å². The molecule has 0 bridgehead atoms. The van der Waals surface area contributed by atoms with Crippen molar-refractivity contribution in [2.24, 2.45) is 10.8 Å². The van der Waals surface area contributed by atoms with Gasteiger partial charge in [0.15, 0.2) is 9.84 Å². The Balaban J connectivity index is 1.53.